The normalized spacial score (nSPS) is 15.3. The Morgan fingerprint density at radius 2 is 1.83 bits per heavy atom. The molecule has 3 N–H and O–H groups in total. The number of hydrogen-bond donors (Lipinski definition) is 3. The number of furan rings is 1. The number of rotatable bonds is 8. The molecule has 3 aromatic rings. The van der Waals surface area contributed by atoms with Crippen LogP contribution in [0.5, 0.6) is 0 Å². The van der Waals surface area contributed by atoms with Gasteiger partial charge in [-0.15, -0.1) is 10.2 Å². The number of benzene rings is 1. The number of piperidine rings is 1. The van der Waals surface area contributed by atoms with E-state index >= 15 is 0 Å². The van der Waals surface area contributed by atoms with E-state index < -0.39 is 0 Å². The fraction of sp³-hybridized carbons (Fsp3) is 0.320. The lowest BCUT2D eigenvalue weighted by Crippen LogP contribution is -2.45. The van der Waals surface area contributed by atoms with Crippen LogP contribution in [-0.2, 0) is 9.59 Å². The minimum absolute atomic E-state index is 0.0382. The van der Waals surface area contributed by atoms with E-state index in [0.29, 0.717) is 42.3 Å². The predicted octanol–water partition coefficient (Wildman–Crippen LogP) is 2.46. The van der Waals surface area contributed by atoms with Crippen molar-refractivity contribution in [2.45, 2.75) is 19.8 Å². The van der Waals surface area contributed by atoms with E-state index in [9.17, 15) is 14.4 Å². The molecule has 182 valence electrons. The van der Waals surface area contributed by atoms with Crippen LogP contribution in [0.15, 0.2) is 59.2 Å². The molecule has 3 heterocycles. The van der Waals surface area contributed by atoms with Crippen LogP contribution in [0.25, 0.3) is 11.5 Å². The van der Waals surface area contributed by atoms with Crippen LogP contribution < -0.4 is 20.9 Å². The average molecular weight is 477 g/mol. The highest BCUT2D eigenvalue weighted by molar-refractivity contribution is 5.95. The third-order valence-corrected chi connectivity index (χ3v) is 5.72. The first-order valence-corrected chi connectivity index (χ1v) is 11.6. The van der Waals surface area contributed by atoms with Gasteiger partial charge < -0.3 is 25.3 Å². The Labute approximate surface area is 203 Å². The molecule has 1 unspecified atom stereocenters. The van der Waals surface area contributed by atoms with Crippen molar-refractivity contribution >= 4 is 29.2 Å². The molecule has 1 saturated heterocycles. The molecule has 2 aromatic heterocycles. The summed E-state index contributed by atoms with van der Waals surface area (Å²) in [5.74, 6) is 0.781. The highest BCUT2D eigenvalue weighted by atomic mass is 16.3. The van der Waals surface area contributed by atoms with Crippen LogP contribution in [0.1, 0.15) is 30.1 Å². The number of carbonyl (C=O) groups excluding carboxylic acids is 3. The highest BCUT2D eigenvalue weighted by Crippen LogP contribution is 2.23. The van der Waals surface area contributed by atoms with Crippen molar-refractivity contribution in [3.63, 3.8) is 0 Å². The summed E-state index contributed by atoms with van der Waals surface area (Å²) in [5, 5.41) is 16.9. The van der Waals surface area contributed by atoms with E-state index in [4.69, 9.17) is 4.42 Å². The first kappa shape index (κ1) is 23.9. The van der Waals surface area contributed by atoms with Gasteiger partial charge in [-0.05, 0) is 61.4 Å². The lowest BCUT2D eigenvalue weighted by molar-refractivity contribution is -0.125. The van der Waals surface area contributed by atoms with E-state index in [1.54, 1.807) is 36.6 Å². The van der Waals surface area contributed by atoms with Gasteiger partial charge in [0.05, 0.1) is 12.2 Å². The van der Waals surface area contributed by atoms with Gasteiger partial charge in [-0.3, -0.25) is 14.4 Å². The molecule has 10 nitrogen and oxygen atoms in total. The summed E-state index contributed by atoms with van der Waals surface area (Å²) in [6, 6.07) is 14.0. The Morgan fingerprint density at radius 3 is 2.51 bits per heavy atom. The summed E-state index contributed by atoms with van der Waals surface area (Å²) >= 11 is 0. The highest BCUT2D eigenvalue weighted by Gasteiger charge is 2.26. The molecule has 0 radical (unpaired) electrons. The van der Waals surface area contributed by atoms with Gasteiger partial charge in [-0.1, -0.05) is 0 Å². The molecule has 1 aromatic carbocycles. The molecular weight excluding hydrogens is 448 g/mol. The second-order valence-corrected chi connectivity index (χ2v) is 8.34. The first-order valence-electron chi connectivity index (χ1n) is 11.6. The molecule has 1 fully saturated rings. The summed E-state index contributed by atoms with van der Waals surface area (Å²) in [6.07, 6.45) is 3.27. The molecule has 1 aliphatic rings. The van der Waals surface area contributed by atoms with Gasteiger partial charge in [0.15, 0.2) is 11.6 Å². The second-order valence-electron chi connectivity index (χ2n) is 8.34. The van der Waals surface area contributed by atoms with Crippen molar-refractivity contribution in [2.75, 3.05) is 36.4 Å². The number of nitrogens with one attached hydrogen (secondary N) is 3. The maximum Gasteiger partial charge on any atom is 0.251 e. The number of hydrogen-bond acceptors (Lipinski definition) is 7. The third-order valence-electron chi connectivity index (χ3n) is 5.72. The third kappa shape index (κ3) is 6.44. The Kier molecular flexibility index (Phi) is 7.71. The van der Waals surface area contributed by atoms with Gasteiger partial charge in [0.1, 0.15) is 5.69 Å². The molecule has 3 amide bonds. The maximum atomic E-state index is 12.7. The standard InChI is InChI=1S/C25H28N6O4/c1-17(32)28-20-8-6-18(7-9-20)24(33)26-12-13-27-25(34)19-4-2-14-31(16-19)23-11-10-21(29-30-23)22-5-3-15-35-22/h3,5-11,15,19H,2,4,12-14,16H2,1H3,(H,26,33)(H,27,34)(H,28,32). The summed E-state index contributed by atoms with van der Waals surface area (Å²) in [6.45, 7) is 3.45. The molecular formula is C25H28N6O4. The molecule has 35 heavy (non-hydrogen) atoms. The van der Waals surface area contributed by atoms with Gasteiger partial charge in [0, 0.05) is 44.4 Å². The van der Waals surface area contributed by atoms with Gasteiger partial charge >= 0.3 is 0 Å². The van der Waals surface area contributed by atoms with E-state index in [2.05, 4.69) is 31.0 Å². The van der Waals surface area contributed by atoms with Crippen molar-refractivity contribution in [3.8, 4) is 11.5 Å². The predicted molar refractivity (Wildman–Crippen MR) is 131 cm³/mol. The van der Waals surface area contributed by atoms with Crippen LogP contribution in [0.4, 0.5) is 11.5 Å². The Hall–Kier alpha value is -4.21. The van der Waals surface area contributed by atoms with Crippen LogP contribution in [0.3, 0.4) is 0 Å². The topological polar surface area (TPSA) is 129 Å². The Bertz CT molecular complexity index is 1150. The summed E-state index contributed by atoms with van der Waals surface area (Å²) in [7, 11) is 0. The number of carbonyl (C=O) groups is 3. The molecule has 4 rings (SSSR count). The lowest BCUT2D eigenvalue weighted by Gasteiger charge is -2.32. The molecule has 1 aliphatic heterocycles. The monoisotopic (exact) mass is 476 g/mol. The molecule has 0 saturated carbocycles. The van der Waals surface area contributed by atoms with Crippen molar-refractivity contribution < 1.29 is 18.8 Å². The van der Waals surface area contributed by atoms with Gasteiger partial charge in [0.25, 0.3) is 5.91 Å². The van der Waals surface area contributed by atoms with E-state index in [1.807, 2.05) is 18.2 Å². The van der Waals surface area contributed by atoms with Gasteiger partial charge in [0.2, 0.25) is 11.8 Å². The average Bonchev–Trinajstić information content (AvgIpc) is 3.42. The minimum Gasteiger partial charge on any atom is -0.463 e. The zero-order valence-electron chi connectivity index (χ0n) is 19.5. The van der Waals surface area contributed by atoms with Crippen molar-refractivity contribution in [1.29, 1.82) is 0 Å². The maximum absolute atomic E-state index is 12.7. The quantitative estimate of drug-likeness (QED) is 0.426. The first-order chi connectivity index (χ1) is 17.0. The molecule has 10 heteroatoms. The van der Waals surface area contributed by atoms with Crippen LogP contribution >= 0.6 is 0 Å². The van der Waals surface area contributed by atoms with E-state index in [0.717, 1.165) is 25.2 Å². The van der Waals surface area contributed by atoms with Crippen molar-refractivity contribution in [2.24, 2.45) is 5.92 Å². The largest absolute Gasteiger partial charge is 0.463 e. The summed E-state index contributed by atoms with van der Waals surface area (Å²) < 4.78 is 5.35. The van der Waals surface area contributed by atoms with Crippen LogP contribution in [0, 0.1) is 5.92 Å². The molecule has 0 spiro atoms. The number of aromatic nitrogens is 2. The smallest absolute Gasteiger partial charge is 0.251 e. The fourth-order valence-electron chi connectivity index (χ4n) is 3.97. The zero-order chi connectivity index (χ0) is 24.6. The van der Waals surface area contributed by atoms with Gasteiger partial charge in [-0.25, -0.2) is 0 Å². The number of anilines is 2. The SMILES string of the molecule is CC(=O)Nc1ccc(C(=O)NCCNC(=O)C2CCCN(c3ccc(-c4ccco4)nn3)C2)cc1. The molecule has 0 bridgehead atoms. The van der Waals surface area contributed by atoms with Crippen LogP contribution in [0.2, 0.25) is 0 Å². The second kappa shape index (κ2) is 11.3. The zero-order valence-corrected chi connectivity index (χ0v) is 19.5. The molecule has 1 atom stereocenters. The Morgan fingerprint density at radius 1 is 1.03 bits per heavy atom. The van der Waals surface area contributed by atoms with Crippen molar-refractivity contribution in [3.05, 3.63) is 60.4 Å². The summed E-state index contributed by atoms with van der Waals surface area (Å²) in [4.78, 5) is 38.1. The fourth-order valence-corrected chi connectivity index (χ4v) is 3.97. The lowest BCUT2D eigenvalue weighted by atomic mass is 9.97. The van der Waals surface area contributed by atoms with E-state index in [-0.39, 0.29) is 23.6 Å². The number of nitrogens with zero attached hydrogens (tertiary/aromatic N) is 3. The molecule has 0 aliphatic carbocycles. The Balaban J connectivity index is 1.21. The van der Waals surface area contributed by atoms with E-state index in [1.165, 1.54) is 6.92 Å². The minimum atomic E-state index is -0.242. The summed E-state index contributed by atoms with van der Waals surface area (Å²) in [5.41, 5.74) is 1.77. The van der Waals surface area contributed by atoms with Gasteiger partial charge in [-0.2, -0.15) is 0 Å². The number of amides is 3. The van der Waals surface area contributed by atoms with Crippen LogP contribution in [-0.4, -0.2) is 54.1 Å². The van der Waals surface area contributed by atoms with Crippen molar-refractivity contribution in [1.82, 2.24) is 20.8 Å².